The fourth-order valence-corrected chi connectivity index (χ4v) is 5.83. The molecule has 2 heteroatoms. The number of benzene rings is 2. The first-order chi connectivity index (χ1) is 17.7. The summed E-state index contributed by atoms with van der Waals surface area (Å²) < 4.78 is 2.49. The number of unbranched alkanes of at least 4 members (excludes halogenated alkanes) is 9. The van der Waals surface area contributed by atoms with E-state index in [0.29, 0.717) is 5.92 Å². The zero-order chi connectivity index (χ0) is 25.5. The Morgan fingerprint density at radius 2 is 1.31 bits per heavy atom. The zero-order valence-corrected chi connectivity index (χ0v) is 23.3. The van der Waals surface area contributed by atoms with Gasteiger partial charge in [0.1, 0.15) is 5.82 Å². The maximum absolute atomic E-state index is 5.05. The minimum atomic E-state index is -0.0158. The fraction of sp³-hybridized carbons (Fsp3) is 0.559. The van der Waals surface area contributed by atoms with Gasteiger partial charge in [0.2, 0.25) is 0 Å². The van der Waals surface area contributed by atoms with Gasteiger partial charge in [0.15, 0.2) is 0 Å². The third-order valence-corrected chi connectivity index (χ3v) is 8.02. The second-order valence-corrected chi connectivity index (χ2v) is 10.9. The first-order valence-corrected chi connectivity index (χ1v) is 14.8. The molecule has 3 rings (SSSR count). The molecule has 36 heavy (non-hydrogen) atoms. The molecule has 0 amide bonds. The minimum absolute atomic E-state index is 0.0158. The van der Waals surface area contributed by atoms with Crippen molar-refractivity contribution < 1.29 is 0 Å². The smallest absolute Gasteiger partial charge is 0.112 e. The summed E-state index contributed by atoms with van der Waals surface area (Å²) in [6, 6.07) is 22.3. The average Bonchev–Trinajstić information content (AvgIpc) is 3.37. The highest BCUT2D eigenvalue weighted by molar-refractivity contribution is 5.33. The number of aromatic nitrogens is 2. The van der Waals surface area contributed by atoms with Crippen molar-refractivity contribution in [3.63, 3.8) is 0 Å². The lowest BCUT2D eigenvalue weighted by Gasteiger charge is -2.39. The highest BCUT2D eigenvalue weighted by Crippen LogP contribution is 2.44. The Hall–Kier alpha value is -2.35. The normalized spacial score (nSPS) is 14.0. The Labute approximate surface area is 221 Å². The molecule has 0 saturated heterocycles. The third-order valence-electron chi connectivity index (χ3n) is 8.02. The van der Waals surface area contributed by atoms with Crippen molar-refractivity contribution in [2.75, 3.05) is 0 Å². The Bertz CT molecular complexity index is 946. The van der Waals surface area contributed by atoms with Crippen molar-refractivity contribution in [2.24, 2.45) is 0 Å². The Balaban J connectivity index is 1.85. The molecule has 0 aliphatic rings. The lowest BCUT2D eigenvalue weighted by molar-refractivity contribution is 0.322. The molecule has 0 aliphatic heterocycles. The van der Waals surface area contributed by atoms with Crippen LogP contribution in [0.5, 0.6) is 0 Å². The summed E-state index contributed by atoms with van der Waals surface area (Å²) in [5.41, 5.74) is 2.82. The van der Waals surface area contributed by atoms with E-state index in [2.05, 4.69) is 92.2 Å². The fourth-order valence-electron chi connectivity index (χ4n) is 5.83. The molecule has 0 aliphatic carbocycles. The molecule has 2 aromatic carbocycles. The lowest BCUT2D eigenvalue weighted by Crippen LogP contribution is -2.35. The van der Waals surface area contributed by atoms with Crippen molar-refractivity contribution >= 4 is 0 Å². The predicted molar refractivity (Wildman–Crippen MR) is 156 cm³/mol. The van der Waals surface area contributed by atoms with Crippen molar-refractivity contribution in [1.29, 1.82) is 0 Å². The van der Waals surface area contributed by atoms with Crippen LogP contribution < -0.4 is 0 Å². The lowest BCUT2D eigenvalue weighted by atomic mass is 9.66. The standard InChI is InChI=1S/C34H50N2/c1-4-6-8-10-11-12-20-27-36-28-26-35-33(36)32(25-19-9-7-5-2)34(3,31-23-17-14-18-24-31)29-30-21-15-13-16-22-30/h13-18,21-24,26,28,32H,4-12,19-20,25,27,29H2,1-3H3. The molecule has 0 radical (unpaired) electrons. The van der Waals surface area contributed by atoms with E-state index in [-0.39, 0.29) is 5.41 Å². The highest BCUT2D eigenvalue weighted by Gasteiger charge is 2.39. The van der Waals surface area contributed by atoms with E-state index >= 15 is 0 Å². The largest absolute Gasteiger partial charge is 0.335 e. The van der Waals surface area contributed by atoms with Crippen molar-refractivity contribution in [1.82, 2.24) is 9.55 Å². The van der Waals surface area contributed by atoms with Crippen molar-refractivity contribution in [3.8, 4) is 0 Å². The Kier molecular flexibility index (Phi) is 12.3. The molecule has 1 heterocycles. The summed E-state index contributed by atoms with van der Waals surface area (Å²) in [5, 5.41) is 0. The van der Waals surface area contributed by atoms with Gasteiger partial charge >= 0.3 is 0 Å². The van der Waals surface area contributed by atoms with E-state index in [1.807, 2.05) is 6.20 Å². The van der Waals surface area contributed by atoms with Crippen LogP contribution in [0.25, 0.3) is 0 Å². The van der Waals surface area contributed by atoms with Gasteiger partial charge in [-0.2, -0.15) is 0 Å². The van der Waals surface area contributed by atoms with Crippen LogP contribution in [0.15, 0.2) is 73.1 Å². The monoisotopic (exact) mass is 486 g/mol. The molecule has 2 nitrogen and oxygen atoms in total. The van der Waals surface area contributed by atoms with Gasteiger partial charge < -0.3 is 4.57 Å². The molecule has 0 bridgehead atoms. The first kappa shape index (κ1) is 28.2. The van der Waals surface area contributed by atoms with Gasteiger partial charge in [0, 0.05) is 30.3 Å². The molecule has 196 valence electrons. The molecule has 3 aromatic rings. The summed E-state index contributed by atoms with van der Waals surface area (Å²) in [6.45, 7) is 8.17. The molecule has 2 atom stereocenters. The van der Waals surface area contributed by atoms with Gasteiger partial charge in [-0.3, -0.25) is 0 Å². The van der Waals surface area contributed by atoms with Gasteiger partial charge in [-0.1, -0.05) is 146 Å². The van der Waals surface area contributed by atoms with Crippen LogP contribution in [-0.4, -0.2) is 9.55 Å². The van der Waals surface area contributed by atoms with Crippen LogP contribution in [0.2, 0.25) is 0 Å². The molecule has 0 N–H and O–H groups in total. The van der Waals surface area contributed by atoms with Crippen LogP contribution in [0.3, 0.4) is 0 Å². The number of nitrogens with zero attached hydrogens (tertiary/aromatic N) is 2. The van der Waals surface area contributed by atoms with E-state index < -0.39 is 0 Å². The van der Waals surface area contributed by atoms with E-state index in [0.717, 1.165) is 13.0 Å². The zero-order valence-electron chi connectivity index (χ0n) is 23.3. The van der Waals surface area contributed by atoms with Crippen molar-refractivity contribution in [3.05, 3.63) is 90.0 Å². The van der Waals surface area contributed by atoms with Crippen LogP contribution in [0.1, 0.15) is 121 Å². The minimum Gasteiger partial charge on any atom is -0.335 e. The van der Waals surface area contributed by atoms with E-state index in [1.165, 1.54) is 94.0 Å². The number of aryl methyl sites for hydroxylation is 1. The van der Waals surface area contributed by atoms with Crippen LogP contribution in [0, 0.1) is 0 Å². The number of rotatable bonds is 18. The molecule has 1 aromatic heterocycles. The van der Waals surface area contributed by atoms with E-state index in [4.69, 9.17) is 4.98 Å². The Morgan fingerprint density at radius 3 is 1.97 bits per heavy atom. The molecule has 0 saturated carbocycles. The van der Waals surface area contributed by atoms with Crippen LogP contribution in [-0.2, 0) is 18.4 Å². The molecule has 2 unspecified atom stereocenters. The van der Waals surface area contributed by atoms with E-state index in [1.54, 1.807) is 0 Å². The van der Waals surface area contributed by atoms with Gasteiger partial charge in [-0.05, 0) is 30.4 Å². The molecular weight excluding hydrogens is 436 g/mol. The summed E-state index contributed by atoms with van der Waals surface area (Å²) in [6.07, 6.45) is 21.1. The number of hydrogen-bond acceptors (Lipinski definition) is 1. The van der Waals surface area contributed by atoms with Gasteiger partial charge in [-0.15, -0.1) is 0 Å². The maximum atomic E-state index is 5.05. The van der Waals surface area contributed by atoms with Crippen LogP contribution in [0.4, 0.5) is 0 Å². The quantitative estimate of drug-likeness (QED) is 0.164. The summed E-state index contributed by atoms with van der Waals surface area (Å²) in [5.74, 6) is 1.68. The highest BCUT2D eigenvalue weighted by atomic mass is 15.1. The predicted octanol–water partition coefficient (Wildman–Crippen LogP) is 9.89. The average molecular weight is 487 g/mol. The maximum Gasteiger partial charge on any atom is 0.112 e. The Morgan fingerprint density at radius 1 is 0.722 bits per heavy atom. The number of hydrogen-bond donors (Lipinski definition) is 0. The van der Waals surface area contributed by atoms with Gasteiger partial charge in [0.05, 0.1) is 0 Å². The van der Waals surface area contributed by atoms with Gasteiger partial charge in [0.25, 0.3) is 0 Å². The third kappa shape index (κ3) is 8.36. The van der Waals surface area contributed by atoms with Gasteiger partial charge in [-0.25, -0.2) is 4.98 Å². The summed E-state index contributed by atoms with van der Waals surface area (Å²) in [7, 11) is 0. The number of imidazole rings is 1. The topological polar surface area (TPSA) is 17.8 Å². The van der Waals surface area contributed by atoms with Crippen LogP contribution >= 0.6 is 0 Å². The second-order valence-electron chi connectivity index (χ2n) is 10.9. The second kappa shape index (κ2) is 15.7. The molecule has 0 fully saturated rings. The summed E-state index contributed by atoms with van der Waals surface area (Å²) in [4.78, 5) is 5.05. The summed E-state index contributed by atoms with van der Waals surface area (Å²) >= 11 is 0. The molecular formula is C34H50N2. The van der Waals surface area contributed by atoms with Crippen molar-refractivity contribution in [2.45, 2.75) is 122 Å². The molecule has 0 spiro atoms. The SMILES string of the molecule is CCCCCCCCCn1ccnc1C(CCCCCC)C(C)(Cc1ccccc1)c1ccccc1. The van der Waals surface area contributed by atoms with E-state index in [9.17, 15) is 0 Å². The first-order valence-electron chi connectivity index (χ1n) is 14.8.